The zero-order chi connectivity index (χ0) is 14.9. The van der Waals surface area contributed by atoms with Gasteiger partial charge in [0.25, 0.3) is 0 Å². The number of fused-ring (bicyclic) bond motifs is 1. The Morgan fingerprint density at radius 2 is 2.19 bits per heavy atom. The molecule has 0 bridgehead atoms. The van der Waals surface area contributed by atoms with Crippen LogP contribution in [0.25, 0.3) is 0 Å². The fraction of sp³-hybridized carbons (Fsp3) is 0.500. The molecule has 2 atom stereocenters. The number of hydrogen-bond donors (Lipinski definition) is 1. The van der Waals surface area contributed by atoms with E-state index in [9.17, 15) is 0 Å². The molecule has 0 spiro atoms. The number of rotatable bonds is 4. The SMILES string of the molecule is CCC(C)(CN)c1nc(C2COc3ccccc3C2)no1. The second-order valence-electron chi connectivity index (χ2n) is 5.90. The molecule has 2 aromatic rings. The summed E-state index contributed by atoms with van der Waals surface area (Å²) in [7, 11) is 0. The van der Waals surface area contributed by atoms with Gasteiger partial charge in [0.05, 0.1) is 17.9 Å². The Kier molecular flexibility index (Phi) is 3.68. The highest BCUT2D eigenvalue weighted by Gasteiger charge is 2.32. The van der Waals surface area contributed by atoms with Crippen molar-refractivity contribution in [2.45, 2.75) is 38.0 Å². The van der Waals surface area contributed by atoms with Crippen LogP contribution in [-0.2, 0) is 11.8 Å². The molecule has 1 aliphatic heterocycles. The van der Waals surface area contributed by atoms with Gasteiger partial charge in [-0.05, 0) is 31.4 Å². The van der Waals surface area contributed by atoms with E-state index >= 15 is 0 Å². The van der Waals surface area contributed by atoms with Gasteiger partial charge in [0.2, 0.25) is 5.89 Å². The smallest absolute Gasteiger partial charge is 0.233 e. The van der Waals surface area contributed by atoms with Crippen LogP contribution in [0.5, 0.6) is 5.75 Å². The Hall–Kier alpha value is -1.88. The molecular weight excluding hydrogens is 266 g/mol. The first kappa shape index (κ1) is 14.1. The van der Waals surface area contributed by atoms with E-state index in [2.05, 4.69) is 30.1 Å². The Balaban J connectivity index is 1.82. The molecule has 1 aromatic carbocycles. The summed E-state index contributed by atoms with van der Waals surface area (Å²) >= 11 is 0. The first-order valence-corrected chi connectivity index (χ1v) is 7.41. The van der Waals surface area contributed by atoms with E-state index in [1.165, 1.54) is 5.56 Å². The Labute approximate surface area is 124 Å². The summed E-state index contributed by atoms with van der Waals surface area (Å²) in [4.78, 5) is 4.58. The van der Waals surface area contributed by atoms with E-state index in [0.29, 0.717) is 24.9 Å². The van der Waals surface area contributed by atoms with Crippen LogP contribution in [0, 0.1) is 0 Å². The molecule has 2 N–H and O–H groups in total. The van der Waals surface area contributed by atoms with Crippen LogP contribution < -0.4 is 10.5 Å². The number of aromatic nitrogens is 2. The Morgan fingerprint density at radius 1 is 1.38 bits per heavy atom. The lowest BCUT2D eigenvalue weighted by atomic mass is 9.87. The third-order valence-corrected chi connectivity index (χ3v) is 4.43. The highest BCUT2D eigenvalue weighted by Crippen LogP contribution is 2.32. The molecular formula is C16H21N3O2. The van der Waals surface area contributed by atoms with E-state index in [0.717, 1.165) is 18.6 Å². The van der Waals surface area contributed by atoms with Crippen LogP contribution in [0.4, 0.5) is 0 Å². The molecule has 0 saturated carbocycles. The Bertz CT molecular complexity index is 619. The van der Waals surface area contributed by atoms with Crippen LogP contribution in [0.2, 0.25) is 0 Å². The number of para-hydroxylation sites is 1. The molecule has 5 nitrogen and oxygen atoms in total. The first-order valence-electron chi connectivity index (χ1n) is 7.41. The van der Waals surface area contributed by atoms with Gasteiger partial charge < -0.3 is 15.0 Å². The van der Waals surface area contributed by atoms with Crippen molar-refractivity contribution in [3.63, 3.8) is 0 Å². The number of nitrogens with zero attached hydrogens (tertiary/aromatic N) is 2. The molecule has 0 fully saturated rings. The van der Waals surface area contributed by atoms with Crippen LogP contribution >= 0.6 is 0 Å². The third-order valence-electron chi connectivity index (χ3n) is 4.43. The molecule has 5 heteroatoms. The normalized spacial score (nSPS) is 20.4. The van der Waals surface area contributed by atoms with Crippen molar-refractivity contribution in [3.8, 4) is 5.75 Å². The predicted octanol–water partition coefficient (Wildman–Crippen LogP) is 2.41. The van der Waals surface area contributed by atoms with E-state index in [1.807, 2.05) is 18.2 Å². The summed E-state index contributed by atoms with van der Waals surface area (Å²) < 4.78 is 11.2. The quantitative estimate of drug-likeness (QED) is 0.934. The van der Waals surface area contributed by atoms with Crippen molar-refractivity contribution in [3.05, 3.63) is 41.5 Å². The van der Waals surface area contributed by atoms with Crippen molar-refractivity contribution in [1.82, 2.24) is 10.1 Å². The maximum absolute atomic E-state index is 5.85. The average molecular weight is 287 g/mol. The number of ether oxygens (including phenoxy) is 1. The van der Waals surface area contributed by atoms with Crippen molar-refractivity contribution in [1.29, 1.82) is 0 Å². The van der Waals surface area contributed by atoms with Gasteiger partial charge in [0, 0.05) is 6.54 Å². The maximum Gasteiger partial charge on any atom is 0.233 e. The summed E-state index contributed by atoms with van der Waals surface area (Å²) in [6.07, 6.45) is 1.75. The summed E-state index contributed by atoms with van der Waals surface area (Å²) in [5.74, 6) is 2.43. The highest BCUT2D eigenvalue weighted by atomic mass is 16.5. The van der Waals surface area contributed by atoms with Gasteiger partial charge in [0.1, 0.15) is 5.75 Å². The zero-order valence-corrected chi connectivity index (χ0v) is 12.5. The average Bonchev–Trinajstić information content (AvgIpc) is 3.04. The van der Waals surface area contributed by atoms with Crippen molar-refractivity contribution in [2.24, 2.45) is 5.73 Å². The van der Waals surface area contributed by atoms with Gasteiger partial charge in [-0.25, -0.2) is 0 Å². The van der Waals surface area contributed by atoms with E-state index < -0.39 is 0 Å². The van der Waals surface area contributed by atoms with Gasteiger partial charge in [-0.1, -0.05) is 30.3 Å². The molecule has 2 unspecified atom stereocenters. The van der Waals surface area contributed by atoms with Crippen molar-refractivity contribution < 1.29 is 9.26 Å². The summed E-state index contributed by atoms with van der Waals surface area (Å²) in [6.45, 7) is 5.21. The molecule has 0 saturated heterocycles. The van der Waals surface area contributed by atoms with Crippen LogP contribution in [-0.4, -0.2) is 23.3 Å². The van der Waals surface area contributed by atoms with Gasteiger partial charge in [-0.15, -0.1) is 0 Å². The van der Waals surface area contributed by atoms with E-state index in [1.54, 1.807) is 0 Å². The minimum absolute atomic E-state index is 0.135. The minimum atomic E-state index is -0.251. The summed E-state index contributed by atoms with van der Waals surface area (Å²) in [5.41, 5.74) is 6.79. The summed E-state index contributed by atoms with van der Waals surface area (Å²) in [6, 6.07) is 8.09. The standard InChI is InChI=1S/C16H21N3O2/c1-3-16(2,10-17)15-18-14(19-21-15)12-8-11-6-4-5-7-13(11)20-9-12/h4-7,12H,3,8-10,17H2,1-2H3. The van der Waals surface area contributed by atoms with Crippen LogP contribution in [0.15, 0.2) is 28.8 Å². The molecule has 1 aliphatic rings. The lowest BCUT2D eigenvalue weighted by molar-refractivity contribution is 0.251. The lowest BCUT2D eigenvalue weighted by Crippen LogP contribution is -2.31. The van der Waals surface area contributed by atoms with Gasteiger partial charge >= 0.3 is 0 Å². The fourth-order valence-electron chi connectivity index (χ4n) is 2.52. The second kappa shape index (κ2) is 5.48. The Morgan fingerprint density at radius 3 is 2.95 bits per heavy atom. The predicted molar refractivity (Wildman–Crippen MR) is 79.4 cm³/mol. The fourth-order valence-corrected chi connectivity index (χ4v) is 2.52. The van der Waals surface area contributed by atoms with Gasteiger partial charge in [-0.2, -0.15) is 4.98 Å². The molecule has 0 radical (unpaired) electrons. The molecule has 0 amide bonds. The molecule has 21 heavy (non-hydrogen) atoms. The number of nitrogens with two attached hydrogens (primary N) is 1. The van der Waals surface area contributed by atoms with Gasteiger partial charge in [-0.3, -0.25) is 0 Å². The van der Waals surface area contributed by atoms with Crippen LogP contribution in [0.3, 0.4) is 0 Å². The minimum Gasteiger partial charge on any atom is -0.493 e. The number of hydrogen-bond acceptors (Lipinski definition) is 5. The van der Waals surface area contributed by atoms with Crippen molar-refractivity contribution in [2.75, 3.05) is 13.2 Å². The summed E-state index contributed by atoms with van der Waals surface area (Å²) in [5, 5.41) is 4.15. The van der Waals surface area contributed by atoms with Crippen molar-refractivity contribution >= 4 is 0 Å². The molecule has 112 valence electrons. The molecule has 2 heterocycles. The maximum atomic E-state index is 5.85. The van der Waals surface area contributed by atoms with Crippen LogP contribution in [0.1, 0.15) is 43.5 Å². The van der Waals surface area contributed by atoms with Gasteiger partial charge in [0.15, 0.2) is 5.82 Å². The van der Waals surface area contributed by atoms with E-state index in [-0.39, 0.29) is 11.3 Å². The van der Waals surface area contributed by atoms with E-state index in [4.69, 9.17) is 15.0 Å². The lowest BCUT2D eigenvalue weighted by Gasteiger charge is -2.23. The first-order chi connectivity index (χ1) is 10.2. The monoisotopic (exact) mass is 287 g/mol. The topological polar surface area (TPSA) is 74.2 Å². The second-order valence-corrected chi connectivity index (χ2v) is 5.90. The number of benzene rings is 1. The largest absolute Gasteiger partial charge is 0.493 e. The highest BCUT2D eigenvalue weighted by molar-refractivity contribution is 5.36. The molecule has 3 rings (SSSR count). The molecule has 0 aliphatic carbocycles. The molecule has 1 aromatic heterocycles. The zero-order valence-electron chi connectivity index (χ0n) is 12.5. The third kappa shape index (κ3) is 2.53.